The molecular formula is C21H21NO6. The van der Waals surface area contributed by atoms with Gasteiger partial charge < -0.3 is 24.6 Å². The molecule has 1 amide bonds. The lowest BCUT2D eigenvalue weighted by atomic mass is 9.95. The van der Waals surface area contributed by atoms with Crippen LogP contribution in [0.2, 0.25) is 0 Å². The predicted molar refractivity (Wildman–Crippen MR) is 102 cm³/mol. The van der Waals surface area contributed by atoms with Gasteiger partial charge in [-0.1, -0.05) is 36.4 Å². The van der Waals surface area contributed by atoms with Crippen molar-refractivity contribution in [1.29, 1.82) is 0 Å². The molecule has 1 aliphatic heterocycles. The van der Waals surface area contributed by atoms with Crippen LogP contribution in [-0.2, 0) is 14.3 Å². The van der Waals surface area contributed by atoms with Gasteiger partial charge in [-0.3, -0.25) is 9.59 Å². The number of phenolic OH excluding ortho intramolecular Hbond substituents is 1. The van der Waals surface area contributed by atoms with Gasteiger partial charge in [0.1, 0.15) is 5.76 Å². The number of hydrogen-bond donors (Lipinski definition) is 2. The van der Waals surface area contributed by atoms with Gasteiger partial charge in [0.25, 0.3) is 11.7 Å². The molecule has 7 heteroatoms. The largest absolute Gasteiger partial charge is 0.507 e. The van der Waals surface area contributed by atoms with Crippen molar-refractivity contribution in [2.75, 3.05) is 27.4 Å². The molecule has 2 aromatic rings. The Balaban J connectivity index is 2.18. The summed E-state index contributed by atoms with van der Waals surface area (Å²) in [7, 11) is 2.91. The monoisotopic (exact) mass is 383 g/mol. The van der Waals surface area contributed by atoms with E-state index < -0.39 is 17.7 Å². The number of carbonyl (C=O) groups is 2. The highest BCUT2D eigenvalue weighted by molar-refractivity contribution is 6.46. The average molecular weight is 383 g/mol. The Morgan fingerprint density at radius 2 is 1.82 bits per heavy atom. The number of phenols is 1. The Bertz CT molecular complexity index is 922. The molecule has 0 aromatic heterocycles. The summed E-state index contributed by atoms with van der Waals surface area (Å²) >= 11 is 0. The molecule has 1 heterocycles. The van der Waals surface area contributed by atoms with E-state index in [-0.39, 0.29) is 36.0 Å². The van der Waals surface area contributed by atoms with Crippen LogP contribution in [0.25, 0.3) is 5.76 Å². The average Bonchev–Trinajstić information content (AvgIpc) is 2.97. The number of amides is 1. The maximum atomic E-state index is 12.8. The summed E-state index contributed by atoms with van der Waals surface area (Å²) < 4.78 is 10.2. The molecule has 1 atom stereocenters. The van der Waals surface area contributed by atoms with Crippen molar-refractivity contribution < 1.29 is 29.3 Å². The minimum Gasteiger partial charge on any atom is -0.507 e. The number of aliphatic hydroxyl groups is 1. The number of methoxy groups -OCH3 is 2. The summed E-state index contributed by atoms with van der Waals surface area (Å²) in [6.45, 7) is 0.393. The van der Waals surface area contributed by atoms with E-state index in [1.165, 1.54) is 25.2 Å². The summed E-state index contributed by atoms with van der Waals surface area (Å²) in [5.74, 6) is -1.60. The van der Waals surface area contributed by atoms with Crippen LogP contribution in [0, 0.1) is 0 Å². The summed E-state index contributed by atoms with van der Waals surface area (Å²) in [6.07, 6.45) is 0. The van der Waals surface area contributed by atoms with E-state index in [4.69, 9.17) is 9.47 Å². The second-order valence-electron chi connectivity index (χ2n) is 6.28. The molecule has 0 bridgehead atoms. The Morgan fingerprint density at radius 3 is 2.46 bits per heavy atom. The second-order valence-corrected chi connectivity index (χ2v) is 6.28. The lowest BCUT2D eigenvalue weighted by Gasteiger charge is -2.25. The van der Waals surface area contributed by atoms with E-state index in [1.54, 1.807) is 42.5 Å². The van der Waals surface area contributed by atoms with Crippen molar-refractivity contribution >= 4 is 17.4 Å². The Morgan fingerprint density at radius 1 is 1.11 bits per heavy atom. The van der Waals surface area contributed by atoms with Crippen molar-refractivity contribution in [2.45, 2.75) is 6.04 Å². The molecule has 28 heavy (non-hydrogen) atoms. The van der Waals surface area contributed by atoms with E-state index in [9.17, 15) is 19.8 Å². The van der Waals surface area contributed by atoms with Gasteiger partial charge in [0.2, 0.25) is 0 Å². The van der Waals surface area contributed by atoms with Crippen LogP contribution in [0.5, 0.6) is 11.5 Å². The molecule has 1 fully saturated rings. The van der Waals surface area contributed by atoms with Crippen LogP contribution in [0.15, 0.2) is 54.1 Å². The minimum atomic E-state index is -0.829. The van der Waals surface area contributed by atoms with Crippen molar-refractivity contribution in [1.82, 2.24) is 4.90 Å². The zero-order valence-electron chi connectivity index (χ0n) is 15.6. The van der Waals surface area contributed by atoms with Crippen molar-refractivity contribution in [3.05, 3.63) is 65.2 Å². The smallest absolute Gasteiger partial charge is 0.295 e. The molecule has 0 unspecified atom stereocenters. The highest BCUT2D eigenvalue weighted by Crippen LogP contribution is 2.41. The third kappa shape index (κ3) is 3.44. The number of Topliss-reactive ketones (excluding diaryl/α,β-unsaturated/α-hetero) is 1. The van der Waals surface area contributed by atoms with Gasteiger partial charge in [-0.05, 0) is 17.7 Å². The SMILES string of the molecule is COCCN1C(=O)C(=O)/C(=C(/O)c2ccccc2)[C@H]1c1ccc(O)c(OC)c1. The fraction of sp³-hybridized carbons (Fsp3) is 0.238. The van der Waals surface area contributed by atoms with E-state index in [0.29, 0.717) is 11.1 Å². The van der Waals surface area contributed by atoms with Crippen molar-refractivity contribution in [3.63, 3.8) is 0 Å². The summed E-state index contributed by atoms with van der Waals surface area (Å²) in [5.41, 5.74) is 0.950. The number of ketones is 1. The van der Waals surface area contributed by atoms with Gasteiger partial charge in [0, 0.05) is 19.2 Å². The van der Waals surface area contributed by atoms with Gasteiger partial charge in [-0.2, -0.15) is 0 Å². The standard InChI is InChI=1S/C21H21NO6/c1-27-11-10-22-18(14-8-9-15(23)16(12-14)28-2)17(20(25)21(22)26)19(24)13-6-4-3-5-7-13/h3-9,12,18,23-24H,10-11H2,1-2H3/b19-17+/t18-/m1/s1. The fourth-order valence-electron chi connectivity index (χ4n) is 3.26. The third-order valence-electron chi connectivity index (χ3n) is 4.64. The Labute approximate surface area is 162 Å². The summed E-state index contributed by atoms with van der Waals surface area (Å²) in [6, 6.07) is 12.3. The first-order chi connectivity index (χ1) is 13.5. The van der Waals surface area contributed by atoms with Gasteiger partial charge in [-0.25, -0.2) is 0 Å². The molecular weight excluding hydrogens is 362 g/mol. The normalized spacial score (nSPS) is 18.5. The highest BCUT2D eigenvalue weighted by atomic mass is 16.5. The lowest BCUT2D eigenvalue weighted by molar-refractivity contribution is -0.140. The topological polar surface area (TPSA) is 96.3 Å². The van der Waals surface area contributed by atoms with Crippen molar-refractivity contribution in [2.24, 2.45) is 0 Å². The maximum Gasteiger partial charge on any atom is 0.295 e. The van der Waals surface area contributed by atoms with Gasteiger partial charge in [0.15, 0.2) is 11.5 Å². The minimum absolute atomic E-state index is 0.0138. The predicted octanol–water partition coefficient (Wildman–Crippen LogP) is 2.47. The van der Waals surface area contributed by atoms with Gasteiger partial charge >= 0.3 is 0 Å². The summed E-state index contributed by atoms with van der Waals surface area (Å²) in [4.78, 5) is 26.8. The number of carbonyl (C=O) groups excluding carboxylic acids is 2. The molecule has 0 spiro atoms. The van der Waals surface area contributed by atoms with E-state index >= 15 is 0 Å². The lowest BCUT2D eigenvalue weighted by Crippen LogP contribution is -2.32. The third-order valence-corrected chi connectivity index (χ3v) is 4.64. The molecule has 0 radical (unpaired) electrons. The van der Waals surface area contributed by atoms with Crippen LogP contribution in [-0.4, -0.2) is 54.2 Å². The zero-order chi connectivity index (χ0) is 20.3. The number of likely N-dealkylation sites (tertiary alicyclic amines) is 1. The highest BCUT2D eigenvalue weighted by Gasteiger charge is 2.46. The molecule has 3 rings (SSSR count). The molecule has 2 N–H and O–H groups in total. The van der Waals surface area contributed by atoms with E-state index in [1.807, 2.05) is 0 Å². The molecule has 2 aromatic carbocycles. The van der Waals surface area contributed by atoms with Crippen LogP contribution in [0.4, 0.5) is 0 Å². The number of benzene rings is 2. The first-order valence-electron chi connectivity index (χ1n) is 8.69. The van der Waals surface area contributed by atoms with Gasteiger partial charge in [0.05, 0.1) is 25.3 Å². The second kappa shape index (κ2) is 8.14. The fourth-order valence-corrected chi connectivity index (χ4v) is 3.26. The van der Waals surface area contributed by atoms with Crippen LogP contribution < -0.4 is 4.74 Å². The number of ether oxygens (including phenoxy) is 2. The molecule has 0 aliphatic carbocycles. The van der Waals surface area contributed by atoms with Gasteiger partial charge in [-0.15, -0.1) is 0 Å². The van der Waals surface area contributed by atoms with Crippen LogP contribution >= 0.6 is 0 Å². The Kier molecular flexibility index (Phi) is 5.65. The number of aromatic hydroxyl groups is 1. The molecule has 0 saturated carbocycles. The molecule has 7 nitrogen and oxygen atoms in total. The number of aliphatic hydroxyl groups excluding tert-OH is 1. The molecule has 146 valence electrons. The zero-order valence-corrected chi connectivity index (χ0v) is 15.6. The first-order valence-corrected chi connectivity index (χ1v) is 8.69. The van der Waals surface area contributed by atoms with E-state index in [2.05, 4.69) is 0 Å². The summed E-state index contributed by atoms with van der Waals surface area (Å²) in [5, 5.41) is 20.7. The first kappa shape index (κ1) is 19.4. The molecule has 1 aliphatic rings. The van der Waals surface area contributed by atoms with Crippen LogP contribution in [0.3, 0.4) is 0 Å². The molecule has 1 saturated heterocycles. The van der Waals surface area contributed by atoms with E-state index in [0.717, 1.165) is 0 Å². The van der Waals surface area contributed by atoms with Crippen molar-refractivity contribution in [3.8, 4) is 11.5 Å². The Hall–Kier alpha value is -3.32. The van der Waals surface area contributed by atoms with Crippen LogP contribution in [0.1, 0.15) is 17.2 Å². The number of nitrogens with zero attached hydrogens (tertiary/aromatic N) is 1. The quantitative estimate of drug-likeness (QED) is 0.452. The number of hydrogen-bond acceptors (Lipinski definition) is 6. The maximum absolute atomic E-state index is 12.8. The number of rotatable bonds is 6.